The van der Waals surface area contributed by atoms with E-state index in [1.165, 1.54) is 0 Å². The zero-order valence-electron chi connectivity index (χ0n) is 9.99. The van der Waals surface area contributed by atoms with Gasteiger partial charge in [-0.25, -0.2) is 4.98 Å². The molecule has 1 aromatic carbocycles. The lowest BCUT2D eigenvalue weighted by Crippen LogP contribution is -2.00. The second kappa shape index (κ2) is 6.07. The van der Waals surface area contributed by atoms with Crippen molar-refractivity contribution in [2.45, 2.75) is 19.4 Å². The van der Waals surface area contributed by atoms with Gasteiger partial charge in [-0.3, -0.25) is 0 Å². The highest BCUT2D eigenvalue weighted by Crippen LogP contribution is 2.26. The van der Waals surface area contributed by atoms with Gasteiger partial charge in [0.15, 0.2) is 0 Å². The third-order valence-electron chi connectivity index (χ3n) is 2.60. The molecule has 2 nitrogen and oxygen atoms in total. The number of ether oxygens (including phenoxy) is 1. The molecular weight excluding hydrogens is 269 g/mol. The fourth-order valence-electron chi connectivity index (χ4n) is 1.56. The Morgan fingerprint density at radius 2 is 1.94 bits per heavy atom. The van der Waals surface area contributed by atoms with Gasteiger partial charge >= 0.3 is 0 Å². The van der Waals surface area contributed by atoms with Gasteiger partial charge in [0.1, 0.15) is 11.6 Å². The van der Waals surface area contributed by atoms with E-state index in [0.717, 1.165) is 16.8 Å². The number of rotatable bonds is 4. The summed E-state index contributed by atoms with van der Waals surface area (Å²) >= 11 is 11.9. The van der Waals surface area contributed by atoms with Crippen molar-refractivity contribution in [3.8, 4) is 5.88 Å². The largest absolute Gasteiger partial charge is 0.472 e. The minimum absolute atomic E-state index is 0.400. The summed E-state index contributed by atoms with van der Waals surface area (Å²) in [6, 6.07) is 11.7. The van der Waals surface area contributed by atoms with E-state index in [1.54, 1.807) is 6.07 Å². The fraction of sp³-hybridized carbons (Fsp3) is 0.214. The molecule has 94 valence electrons. The van der Waals surface area contributed by atoms with Crippen LogP contribution in [0.25, 0.3) is 0 Å². The smallest absolute Gasteiger partial charge is 0.233 e. The van der Waals surface area contributed by atoms with Gasteiger partial charge in [-0.15, -0.1) is 11.6 Å². The van der Waals surface area contributed by atoms with Crippen LogP contribution in [0.3, 0.4) is 0 Å². The minimum Gasteiger partial charge on any atom is -0.472 e. The molecule has 0 N–H and O–H groups in total. The van der Waals surface area contributed by atoms with Crippen molar-refractivity contribution in [1.82, 2.24) is 4.98 Å². The average molecular weight is 282 g/mol. The number of hydrogen-bond acceptors (Lipinski definition) is 2. The first-order valence-electron chi connectivity index (χ1n) is 5.59. The molecule has 0 saturated heterocycles. The van der Waals surface area contributed by atoms with Crippen LogP contribution in [-0.2, 0) is 12.5 Å². The van der Waals surface area contributed by atoms with Crippen LogP contribution in [0.1, 0.15) is 16.8 Å². The molecule has 0 fully saturated rings. The summed E-state index contributed by atoms with van der Waals surface area (Å²) in [5.74, 6) is 0.851. The molecule has 0 aliphatic carbocycles. The fourth-order valence-corrected chi connectivity index (χ4v) is 2.06. The highest BCUT2D eigenvalue weighted by atomic mass is 35.5. The maximum atomic E-state index is 6.10. The Kier molecular flexibility index (Phi) is 4.45. The number of benzene rings is 1. The van der Waals surface area contributed by atoms with Crippen LogP contribution >= 0.6 is 23.2 Å². The second-order valence-electron chi connectivity index (χ2n) is 3.93. The Morgan fingerprint density at radius 3 is 2.61 bits per heavy atom. The van der Waals surface area contributed by atoms with E-state index in [-0.39, 0.29) is 0 Å². The molecule has 0 radical (unpaired) electrons. The third-order valence-corrected chi connectivity index (χ3v) is 3.16. The van der Waals surface area contributed by atoms with Crippen molar-refractivity contribution in [3.63, 3.8) is 0 Å². The third kappa shape index (κ3) is 3.15. The molecule has 0 spiro atoms. The van der Waals surface area contributed by atoms with E-state index < -0.39 is 0 Å². The summed E-state index contributed by atoms with van der Waals surface area (Å²) in [6.07, 6.45) is 0. The summed E-state index contributed by atoms with van der Waals surface area (Å²) < 4.78 is 5.62. The topological polar surface area (TPSA) is 22.1 Å². The lowest BCUT2D eigenvalue weighted by atomic mass is 10.2. The van der Waals surface area contributed by atoms with Gasteiger partial charge in [-0.1, -0.05) is 41.9 Å². The van der Waals surface area contributed by atoms with Gasteiger partial charge in [0, 0.05) is 11.6 Å². The first-order chi connectivity index (χ1) is 8.70. The Hall–Kier alpha value is -1.25. The first kappa shape index (κ1) is 13.2. The molecule has 2 aromatic rings. The molecule has 0 amide bonds. The van der Waals surface area contributed by atoms with Crippen LogP contribution in [0, 0.1) is 6.92 Å². The Labute approximate surface area is 117 Å². The van der Waals surface area contributed by atoms with Crippen molar-refractivity contribution >= 4 is 23.2 Å². The molecule has 0 aliphatic heterocycles. The standard InChI is InChI=1S/C14H13Cl2NO/c1-10-12(8-15)7-13(16)14(17-10)18-9-11-5-3-2-4-6-11/h2-7H,8-9H2,1H3. The van der Waals surface area contributed by atoms with E-state index in [9.17, 15) is 0 Å². The minimum atomic E-state index is 0.400. The SMILES string of the molecule is Cc1nc(OCc2ccccc2)c(Cl)cc1CCl. The second-order valence-corrected chi connectivity index (χ2v) is 4.60. The quantitative estimate of drug-likeness (QED) is 0.777. The van der Waals surface area contributed by atoms with E-state index in [1.807, 2.05) is 37.3 Å². The number of aryl methyl sites for hydroxylation is 1. The lowest BCUT2D eigenvalue weighted by molar-refractivity contribution is 0.293. The van der Waals surface area contributed by atoms with Gasteiger partial charge < -0.3 is 4.74 Å². The molecule has 18 heavy (non-hydrogen) atoms. The Balaban J connectivity index is 2.13. The molecular formula is C14H13Cl2NO. The van der Waals surface area contributed by atoms with Gasteiger partial charge in [0.05, 0.1) is 0 Å². The van der Waals surface area contributed by atoms with E-state index >= 15 is 0 Å². The number of nitrogens with zero attached hydrogens (tertiary/aromatic N) is 1. The molecule has 1 heterocycles. The lowest BCUT2D eigenvalue weighted by Gasteiger charge is -2.10. The summed E-state index contributed by atoms with van der Waals surface area (Å²) in [5, 5.41) is 0.493. The van der Waals surface area contributed by atoms with Crippen molar-refractivity contribution in [2.24, 2.45) is 0 Å². The van der Waals surface area contributed by atoms with Crippen molar-refractivity contribution in [2.75, 3.05) is 0 Å². The van der Waals surface area contributed by atoms with Crippen LogP contribution < -0.4 is 4.74 Å². The van der Waals surface area contributed by atoms with Crippen LogP contribution in [-0.4, -0.2) is 4.98 Å². The Morgan fingerprint density at radius 1 is 1.22 bits per heavy atom. The normalized spacial score (nSPS) is 10.4. The monoisotopic (exact) mass is 281 g/mol. The van der Waals surface area contributed by atoms with Crippen LogP contribution in [0.2, 0.25) is 5.02 Å². The zero-order valence-corrected chi connectivity index (χ0v) is 11.5. The molecule has 0 unspecified atom stereocenters. The maximum absolute atomic E-state index is 6.10. The molecule has 4 heteroatoms. The molecule has 1 aromatic heterocycles. The number of hydrogen-bond donors (Lipinski definition) is 0. The maximum Gasteiger partial charge on any atom is 0.233 e. The molecule has 0 saturated carbocycles. The molecule has 0 bridgehead atoms. The van der Waals surface area contributed by atoms with Crippen molar-refractivity contribution in [3.05, 3.63) is 58.2 Å². The van der Waals surface area contributed by atoms with Gasteiger partial charge in [0.25, 0.3) is 0 Å². The summed E-state index contributed by atoms with van der Waals surface area (Å²) in [5.41, 5.74) is 2.85. The van der Waals surface area contributed by atoms with E-state index in [0.29, 0.717) is 23.4 Å². The molecule has 0 aliphatic rings. The first-order valence-corrected chi connectivity index (χ1v) is 6.50. The highest BCUT2D eigenvalue weighted by Gasteiger charge is 2.08. The van der Waals surface area contributed by atoms with E-state index in [4.69, 9.17) is 27.9 Å². The predicted octanol–water partition coefficient (Wildman–Crippen LogP) is 4.36. The summed E-state index contributed by atoms with van der Waals surface area (Å²) in [4.78, 5) is 4.32. The summed E-state index contributed by atoms with van der Waals surface area (Å²) in [7, 11) is 0. The zero-order chi connectivity index (χ0) is 13.0. The van der Waals surface area contributed by atoms with Crippen LogP contribution in [0.4, 0.5) is 0 Å². The van der Waals surface area contributed by atoms with Gasteiger partial charge in [-0.2, -0.15) is 0 Å². The van der Waals surface area contributed by atoms with Crippen molar-refractivity contribution < 1.29 is 4.74 Å². The summed E-state index contributed by atoms with van der Waals surface area (Å²) in [6.45, 7) is 2.34. The van der Waals surface area contributed by atoms with Crippen LogP contribution in [0.5, 0.6) is 5.88 Å². The van der Waals surface area contributed by atoms with E-state index in [2.05, 4.69) is 4.98 Å². The van der Waals surface area contributed by atoms with Gasteiger partial charge in [0.2, 0.25) is 5.88 Å². The molecule has 2 rings (SSSR count). The highest BCUT2D eigenvalue weighted by molar-refractivity contribution is 6.32. The Bertz CT molecular complexity index is 529. The average Bonchev–Trinajstić information content (AvgIpc) is 2.40. The molecule has 0 atom stereocenters. The number of halogens is 2. The van der Waals surface area contributed by atoms with Crippen LogP contribution in [0.15, 0.2) is 36.4 Å². The number of alkyl halides is 1. The predicted molar refractivity (Wildman–Crippen MR) is 74.3 cm³/mol. The van der Waals surface area contributed by atoms with Crippen molar-refractivity contribution in [1.29, 1.82) is 0 Å². The number of aromatic nitrogens is 1. The van der Waals surface area contributed by atoms with Gasteiger partial charge in [-0.05, 0) is 24.1 Å². The number of pyridine rings is 1.